The quantitative estimate of drug-likeness (QED) is 0.194. The minimum absolute atomic E-state index is 0.0398. The number of nitrogens with zero attached hydrogens (tertiary/aromatic N) is 2. The Hall–Kier alpha value is -4.05. The van der Waals surface area contributed by atoms with Gasteiger partial charge < -0.3 is 44.6 Å². The van der Waals surface area contributed by atoms with Crippen molar-refractivity contribution in [1.82, 2.24) is 10.2 Å². The fourth-order valence-electron chi connectivity index (χ4n) is 9.60. The summed E-state index contributed by atoms with van der Waals surface area (Å²) in [7, 11) is 3.11. The van der Waals surface area contributed by atoms with Crippen LogP contribution in [-0.2, 0) is 29.3 Å². The molecule has 1 amide bonds. The number of fused-ring (bicyclic) bond motifs is 4. The first-order valence-electron chi connectivity index (χ1n) is 16.6. The number of hydrogen-bond donors (Lipinski definition) is 6. The number of nitrogens with one attached hydrogen (secondary N) is 1. The third-order valence-corrected chi connectivity index (χ3v) is 11.6. The number of quaternary nitrogens is 1. The molecular formula is C35H42BN3O10. The van der Waals surface area contributed by atoms with Gasteiger partial charge in [-0.25, -0.2) is 0 Å². The summed E-state index contributed by atoms with van der Waals surface area (Å²) in [4.78, 5) is 44.2. The van der Waals surface area contributed by atoms with E-state index in [2.05, 4.69) is 5.32 Å². The first kappa shape index (κ1) is 33.5. The summed E-state index contributed by atoms with van der Waals surface area (Å²) >= 11 is 0. The molecule has 3 aliphatic carbocycles. The number of hydrogen-bond acceptors (Lipinski definition) is 11. The van der Waals surface area contributed by atoms with Crippen LogP contribution in [0, 0.1) is 11.8 Å². The number of aliphatic hydroxyl groups is 4. The van der Waals surface area contributed by atoms with Crippen LogP contribution in [0.5, 0.6) is 5.75 Å². The normalized spacial score (nSPS) is 38.3. The van der Waals surface area contributed by atoms with Crippen molar-refractivity contribution in [3.63, 3.8) is 0 Å². The highest BCUT2D eigenvalue weighted by Crippen LogP contribution is 2.57. The molecule has 2 aromatic carbocycles. The number of carbonyl (C=O) groups is 3. The van der Waals surface area contributed by atoms with Gasteiger partial charge in [-0.1, -0.05) is 47.9 Å². The summed E-state index contributed by atoms with van der Waals surface area (Å²) in [5.74, 6) is -7.55. The lowest BCUT2D eigenvalue weighted by Gasteiger charge is -2.53. The Bertz CT molecular complexity index is 1830. The highest BCUT2D eigenvalue weighted by molar-refractivity contribution is 6.75. The lowest BCUT2D eigenvalue weighted by atomic mass is 9.54. The zero-order valence-corrected chi connectivity index (χ0v) is 28.1. The monoisotopic (exact) mass is 675 g/mol. The molecule has 0 bridgehead atoms. The Kier molecular flexibility index (Phi) is 7.49. The van der Waals surface area contributed by atoms with Crippen LogP contribution < -0.4 is 10.8 Å². The Labute approximate surface area is 283 Å². The zero-order valence-electron chi connectivity index (χ0n) is 28.1. The summed E-state index contributed by atoms with van der Waals surface area (Å²) < 4.78 is 13.2. The van der Waals surface area contributed by atoms with Crippen molar-refractivity contribution in [1.29, 1.82) is 0 Å². The largest absolute Gasteiger partial charge is 0.508 e. The summed E-state index contributed by atoms with van der Waals surface area (Å²) in [5.41, 5.74) is -4.99. The van der Waals surface area contributed by atoms with E-state index in [1.54, 1.807) is 14.1 Å². The second kappa shape index (κ2) is 11.0. The van der Waals surface area contributed by atoms with Gasteiger partial charge >= 0.3 is 6.69 Å². The summed E-state index contributed by atoms with van der Waals surface area (Å²) in [6.07, 6.45) is -0.664. The molecule has 13 nitrogen and oxygen atoms in total. The molecule has 2 unspecified atom stereocenters. The first-order chi connectivity index (χ1) is 23.0. The van der Waals surface area contributed by atoms with E-state index < -0.39 is 81.7 Å². The number of aliphatic hydroxyl groups excluding tert-OH is 2. The third-order valence-electron chi connectivity index (χ3n) is 11.6. The Morgan fingerprint density at radius 2 is 1.63 bits per heavy atom. The number of carbonyl (C=O) groups excluding carboxylic acids is 3. The minimum Gasteiger partial charge on any atom is -0.508 e. The third kappa shape index (κ3) is 4.38. The van der Waals surface area contributed by atoms with Crippen molar-refractivity contribution in [3.8, 4) is 5.75 Å². The topological polar surface area (TPSA) is 186 Å². The van der Waals surface area contributed by atoms with E-state index in [9.17, 15) is 39.9 Å². The van der Waals surface area contributed by atoms with Crippen LogP contribution in [0.1, 0.15) is 38.3 Å². The van der Waals surface area contributed by atoms with E-state index in [-0.39, 0.29) is 40.8 Å². The average molecular weight is 676 g/mol. The van der Waals surface area contributed by atoms with Crippen LogP contribution in [0.4, 0.5) is 0 Å². The van der Waals surface area contributed by atoms with Crippen molar-refractivity contribution in [3.05, 3.63) is 76.6 Å². The number of amides is 1. The molecule has 5 aliphatic rings. The van der Waals surface area contributed by atoms with E-state index in [0.717, 1.165) is 5.46 Å². The first-order valence-corrected chi connectivity index (χ1v) is 16.6. The van der Waals surface area contributed by atoms with Crippen molar-refractivity contribution >= 4 is 35.4 Å². The molecule has 49 heavy (non-hydrogen) atoms. The molecule has 2 aliphatic heterocycles. The molecule has 7 rings (SSSR count). The van der Waals surface area contributed by atoms with Crippen LogP contribution in [-0.4, -0.2) is 117 Å². The fraction of sp³-hybridized carbons (Fsp3) is 0.457. The molecule has 2 saturated heterocycles. The van der Waals surface area contributed by atoms with Gasteiger partial charge in [0.25, 0.3) is 5.91 Å². The smallest absolute Gasteiger partial charge is 0.504 e. The van der Waals surface area contributed by atoms with Gasteiger partial charge in [-0.05, 0) is 52.9 Å². The molecule has 14 heteroatoms. The Balaban J connectivity index is 1.30. The Morgan fingerprint density at radius 1 is 1.00 bits per heavy atom. The number of benzene rings is 2. The maximum absolute atomic E-state index is 14.4. The van der Waals surface area contributed by atoms with Crippen LogP contribution in [0.3, 0.4) is 0 Å². The zero-order chi connectivity index (χ0) is 35.4. The number of likely N-dealkylation sites (N-methyl/N-ethyl adjacent to an activating group) is 1. The summed E-state index contributed by atoms with van der Waals surface area (Å²) in [6.45, 7) is 4.10. The number of aromatic hydroxyl groups is 1. The van der Waals surface area contributed by atoms with Gasteiger partial charge in [-0.2, -0.15) is 0 Å². The van der Waals surface area contributed by atoms with E-state index >= 15 is 0 Å². The van der Waals surface area contributed by atoms with Gasteiger partial charge in [0.2, 0.25) is 5.78 Å². The predicted molar refractivity (Wildman–Crippen MR) is 177 cm³/mol. The highest BCUT2D eigenvalue weighted by Gasteiger charge is 2.67. The van der Waals surface area contributed by atoms with Crippen LogP contribution >= 0.6 is 0 Å². The maximum Gasteiger partial charge on any atom is 0.504 e. The number of rotatable bonds is 5. The van der Waals surface area contributed by atoms with Crippen LogP contribution in [0.2, 0.25) is 0 Å². The second-order valence-corrected chi connectivity index (χ2v) is 14.8. The van der Waals surface area contributed by atoms with E-state index in [4.69, 9.17) is 9.31 Å². The molecule has 2 heterocycles. The molecule has 0 aromatic heterocycles. The van der Waals surface area contributed by atoms with Crippen molar-refractivity contribution in [2.24, 2.45) is 11.8 Å². The van der Waals surface area contributed by atoms with Gasteiger partial charge in [0, 0.05) is 17.4 Å². The van der Waals surface area contributed by atoms with Crippen molar-refractivity contribution in [2.75, 3.05) is 33.9 Å². The molecular weight excluding hydrogens is 633 g/mol. The molecule has 1 saturated carbocycles. The van der Waals surface area contributed by atoms with E-state index in [0.29, 0.717) is 13.1 Å². The molecule has 2 aromatic rings. The van der Waals surface area contributed by atoms with Gasteiger partial charge in [0.1, 0.15) is 29.5 Å². The minimum atomic E-state index is -2.81. The van der Waals surface area contributed by atoms with Gasteiger partial charge in [0.15, 0.2) is 11.4 Å². The molecule has 3 fully saturated rings. The molecule has 6 N–H and O–H groups in total. The molecule has 0 spiro atoms. The molecule has 9 atom stereocenters. The van der Waals surface area contributed by atoms with Crippen LogP contribution in [0.25, 0.3) is 5.76 Å². The van der Waals surface area contributed by atoms with Gasteiger partial charge in [-0.3, -0.25) is 19.3 Å². The SMILES string of the molecule is C[C@@H]1C[N+]2(CNC(=O)C3=C(O)[C@@]4(O)C(=O)C5=C(O)c6c(O)cccc6[C@@](C)(O)[C@@H]5C[C@H]4[C@@H](N(C)C)C3=O)C[C@H](C)O[B-]2(c2ccccc2)O1. The summed E-state index contributed by atoms with van der Waals surface area (Å²) in [5, 5.41) is 60.6. The van der Waals surface area contributed by atoms with Crippen molar-refractivity contribution in [2.45, 2.75) is 56.6 Å². The van der Waals surface area contributed by atoms with Crippen molar-refractivity contribution < 1.29 is 53.6 Å². The van der Waals surface area contributed by atoms with Gasteiger partial charge in [0.05, 0.1) is 42.5 Å². The number of ketones is 2. The summed E-state index contributed by atoms with van der Waals surface area (Å²) in [6, 6.07) is 12.5. The number of phenols is 1. The number of phenolic OH excluding ortho intramolecular Hbond substituents is 1. The number of Topliss-reactive ketones (excluding diaryl/α,β-unsaturated/α-hetero) is 2. The predicted octanol–water partition coefficient (Wildman–Crippen LogP) is 0.718. The Morgan fingerprint density at radius 3 is 2.24 bits per heavy atom. The molecule has 260 valence electrons. The van der Waals surface area contributed by atoms with Gasteiger partial charge in [-0.15, -0.1) is 0 Å². The highest BCUT2D eigenvalue weighted by atomic mass is 16.7. The van der Waals surface area contributed by atoms with E-state index in [1.807, 2.05) is 44.2 Å². The standard InChI is InChI=1S/C35H42BN3O10/c1-18-15-39(16-19(2)49-36(39,48-18)20-10-7-6-8-11-20)17-37-33(45)27-30(42)28(38(4)5)23-14-22-26(31(43)35(23,47)32(27)44)29(41)25-21(34(22,3)46)12-9-13-24(25)40/h6-13,18-19,22-23,28,40-41,44,46-47H,14-17H2,1-5H3,(H,37,45)/t18-,19+,22-,23+,28-,34-,35+,36?,39?/m1/s1. The van der Waals surface area contributed by atoms with E-state index in [1.165, 1.54) is 30.0 Å². The second-order valence-electron chi connectivity index (χ2n) is 14.8. The molecule has 0 radical (unpaired) electrons. The van der Waals surface area contributed by atoms with Crippen LogP contribution in [0.15, 0.2) is 65.4 Å². The lowest BCUT2D eigenvalue weighted by molar-refractivity contribution is -0.824. The average Bonchev–Trinajstić information content (AvgIpc) is 3.46. The maximum atomic E-state index is 14.4. The lowest BCUT2D eigenvalue weighted by Crippen LogP contribution is -2.72. The fourth-order valence-corrected chi connectivity index (χ4v) is 9.60.